The number of nitrogens with zero attached hydrogens (tertiary/aromatic N) is 1. The number of hydrogen-bond acceptors (Lipinski definition) is 3. The van der Waals surface area contributed by atoms with Crippen LogP contribution in [0, 0.1) is 12.8 Å². The number of hydrogen-bond donors (Lipinski definition) is 3. The molecule has 2 heterocycles. The minimum Gasteiger partial charge on any atom is -0.335 e. The SMILES string of the molecule is Cc1cc2c(cc1C(F)(F)F)[C@@H](C)N(C(=O)NC[C@@]1(C3CC3)NC(=O)NC1=O)C2. The van der Waals surface area contributed by atoms with Gasteiger partial charge in [-0.3, -0.25) is 10.1 Å². The second kappa shape index (κ2) is 6.36. The standard InChI is InChI=1S/C19H21F3N4O3/c1-9-5-11-7-26(10(2)13(11)6-14(9)19(20,21)22)17(29)23-8-18(12-3-4-12)15(27)24-16(28)25-18/h5-6,10,12H,3-4,7-8H2,1-2H3,(H,23,29)(H2,24,25,27,28)/t10-,18+/m1/s1. The average Bonchev–Trinajstić information content (AvgIpc) is 3.36. The predicted molar refractivity (Wildman–Crippen MR) is 95.7 cm³/mol. The van der Waals surface area contributed by atoms with E-state index >= 15 is 0 Å². The zero-order valence-corrected chi connectivity index (χ0v) is 15.9. The molecular weight excluding hydrogens is 389 g/mol. The maximum absolute atomic E-state index is 13.2. The van der Waals surface area contributed by atoms with Crippen LogP contribution in [0.4, 0.5) is 22.8 Å². The normalized spacial score (nSPS) is 26.2. The number of amides is 5. The van der Waals surface area contributed by atoms with Gasteiger partial charge in [0.05, 0.1) is 18.2 Å². The lowest BCUT2D eigenvalue weighted by Crippen LogP contribution is -2.58. The van der Waals surface area contributed by atoms with Crippen molar-refractivity contribution in [3.63, 3.8) is 0 Å². The minimum absolute atomic E-state index is 0.0422. The Balaban J connectivity index is 1.50. The summed E-state index contributed by atoms with van der Waals surface area (Å²) >= 11 is 0. The molecule has 0 radical (unpaired) electrons. The van der Waals surface area contributed by atoms with E-state index in [4.69, 9.17) is 0 Å². The van der Waals surface area contributed by atoms with E-state index in [0.717, 1.165) is 18.9 Å². The van der Waals surface area contributed by atoms with Crippen molar-refractivity contribution in [2.75, 3.05) is 6.54 Å². The first-order valence-corrected chi connectivity index (χ1v) is 9.41. The molecule has 1 saturated carbocycles. The lowest BCUT2D eigenvalue weighted by molar-refractivity contribution is -0.138. The highest BCUT2D eigenvalue weighted by atomic mass is 19.4. The van der Waals surface area contributed by atoms with Gasteiger partial charge in [0.15, 0.2) is 0 Å². The number of carbonyl (C=O) groups excluding carboxylic acids is 3. The molecule has 29 heavy (non-hydrogen) atoms. The van der Waals surface area contributed by atoms with Crippen LogP contribution in [0.1, 0.15) is 48.1 Å². The first-order valence-electron chi connectivity index (χ1n) is 9.41. The molecular formula is C19H21F3N4O3. The van der Waals surface area contributed by atoms with Gasteiger partial charge in [-0.15, -0.1) is 0 Å². The van der Waals surface area contributed by atoms with E-state index in [1.165, 1.54) is 17.9 Å². The zero-order valence-electron chi connectivity index (χ0n) is 15.9. The number of urea groups is 2. The van der Waals surface area contributed by atoms with Gasteiger partial charge < -0.3 is 15.5 Å². The van der Waals surface area contributed by atoms with E-state index in [9.17, 15) is 27.6 Å². The molecule has 1 aromatic carbocycles. The van der Waals surface area contributed by atoms with E-state index in [0.29, 0.717) is 11.1 Å². The minimum atomic E-state index is -4.46. The summed E-state index contributed by atoms with van der Waals surface area (Å²) in [4.78, 5) is 38.1. The van der Waals surface area contributed by atoms with Crippen LogP contribution in [0.25, 0.3) is 0 Å². The van der Waals surface area contributed by atoms with Crippen molar-refractivity contribution >= 4 is 18.0 Å². The van der Waals surface area contributed by atoms with Gasteiger partial charge in [-0.25, -0.2) is 9.59 Å². The summed E-state index contributed by atoms with van der Waals surface area (Å²) in [5, 5.41) is 7.53. The first-order chi connectivity index (χ1) is 13.5. The van der Waals surface area contributed by atoms with Gasteiger partial charge in [0.25, 0.3) is 5.91 Å². The molecule has 2 fully saturated rings. The van der Waals surface area contributed by atoms with Crippen molar-refractivity contribution < 1.29 is 27.6 Å². The molecule has 1 aliphatic carbocycles. The summed E-state index contributed by atoms with van der Waals surface area (Å²) in [6.07, 6.45) is -2.91. The number of alkyl halides is 3. The van der Waals surface area contributed by atoms with E-state index in [-0.39, 0.29) is 24.6 Å². The molecule has 7 nitrogen and oxygen atoms in total. The second-order valence-electron chi connectivity index (χ2n) is 7.98. The quantitative estimate of drug-likeness (QED) is 0.669. The number of benzene rings is 1. The highest BCUT2D eigenvalue weighted by molar-refractivity contribution is 6.07. The van der Waals surface area contributed by atoms with E-state index < -0.39 is 41.3 Å². The Kier molecular flexibility index (Phi) is 4.29. The van der Waals surface area contributed by atoms with Crippen molar-refractivity contribution in [3.8, 4) is 0 Å². The Morgan fingerprint density at radius 1 is 1.31 bits per heavy atom. The molecule has 4 rings (SSSR count). The lowest BCUT2D eigenvalue weighted by atomic mass is 9.93. The maximum Gasteiger partial charge on any atom is 0.416 e. The highest BCUT2D eigenvalue weighted by Gasteiger charge is 2.56. The van der Waals surface area contributed by atoms with Crippen LogP contribution < -0.4 is 16.0 Å². The molecule has 5 amide bonds. The van der Waals surface area contributed by atoms with Crippen molar-refractivity contribution in [1.29, 1.82) is 0 Å². The van der Waals surface area contributed by atoms with Crippen LogP contribution in [-0.2, 0) is 17.5 Å². The average molecular weight is 410 g/mol. The Hall–Kier alpha value is -2.78. The third-order valence-electron chi connectivity index (χ3n) is 6.07. The third kappa shape index (κ3) is 3.20. The predicted octanol–water partition coefficient (Wildman–Crippen LogP) is 2.59. The number of nitrogens with one attached hydrogen (secondary N) is 3. The third-order valence-corrected chi connectivity index (χ3v) is 6.07. The van der Waals surface area contributed by atoms with Gasteiger partial charge in [0.2, 0.25) is 0 Å². The van der Waals surface area contributed by atoms with Gasteiger partial charge in [0, 0.05) is 6.54 Å². The molecule has 0 spiro atoms. The van der Waals surface area contributed by atoms with Crippen LogP contribution in [0.3, 0.4) is 0 Å². The van der Waals surface area contributed by atoms with Crippen LogP contribution in [0.2, 0.25) is 0 Å². The van der Waals surface area contributed by atoms with Crippen LogP contribution in [0.5, 0.6) is 0 Å². The molecule has 0 unspecified atom stereocenters. The molecule has 1 saturated heterocycles. The topological polar surface area (TPSA) is 90.5 Å². The summed E-state index contributed by atoms with van der Waals surface area (Å²) in [5.41, 5.74) is -0.626. The summed E-state index contributed by atoms with van der Waals surface area (Å²) in [7, 11) is 0. The fraction of sp³-hybridized carbons (Fsp3) is 0.526. The number of rotatable bonds is 3. The molecule has 3 aliphatic rings. The number of imide groups is 1. The van der Waals surface area contributed by atoms with Gasteiger partial charge in [-0.05, 0) is 55.4 Å². The Morgan fingerprint density at radius 3 is 2.55 bits per heavy atom. The maximum atomic E-state index is 13.2. The fourth-order valence-electron chi connectivity index (χ4n) is 4.31. The van der Waals surface area contributed by atoms with E-state index in [2.05, 4.69) is 16.0 Å². The molecule has 2 aliphatic heterocycles. The summed E-state index contributed by atoms with van der Waals surface area (Å²) in [6.45, 7) is 3.18. The van der Waals surface area contributed by atoms with Gasteiger partial charge in [-0.1, -0.05) is 6.07 Å². The fourth-order valence-corrected chi connectivity index (χ4v) is 4.31. The first kappa shape index (κ1) is 19.5. The Labute approximate surface area is 165 Å². The second-order valence-corrected chi connectivity index (χ2v) is 7.98. The van der Waals surface area contributed by atoms with E-state index in [1.807, 2.05) is 0 Å². The highest BCUT2D eigenvalue weighted by Crippen LogP contribution is 2.42. The molecule has 0 aromatic heterocycles. The zero-order chi connectivity index (χ0) is 21.1. The molecule has 156 valence electrons. The molecule has 0 bridgehead atoms. The van der Waals surface area contributed by atoms with E-state index in [1.54, 1.807) is 6.92 Å². The smallest absolute Gasteiger partial charge is 0.335 e. The number of aryl methyl sites for hydroxylation is 1. The van der Waals surface area contributed by atoms with Crippen molar-refractivity contribution in [3.05, 3.63) is 34.4 Å². The van der Waals surface area contributed by atoms with Crippen LogP contribution >= 0.6 is 0 Å². The number of halogens is 3. The van der Waals surface area contributed by atoms with Gasteiger partial charge >= 0.3 is 18.2 Å². The van der Waals surface area contributed by atoms with Gasteiger partial charge in [-0.2, -0.15) is 13.2 Å². The molecule has 1 aromatic rings. The van der Waals surface area contributed by atoms with Crippen molar-refractivity contribution in [2.24, 2.45) is 5.92 Å². The number of carbonyl (C=O) groups is 3. The summed E-state index contributed by atoms with van der Waals surface area (Å²) in [5.74, 6) is -0.507. The lowest BCUT2D eigenvalue weighted by Gasteiger charge is -2.29. The summed E-state index contributed by atoms with van der Waals surface area (Å²) in [6, 6.07) is 0.953. The largest absolute Gasteiger partial charge is 0.416 e. The molecule has 3 N–H and O–H groups in total. The van der Waals surface area contributed by atoms with Crippen LogP contribution in [0.15, 0.2) is 12.1 Å². The van der Waals surface area contributed by atoms with Crippen molar-refractivity contribution in [2.45, 2.75) is 51.0 Å². The summed E-state index contributed by atoms with van der Waals surface area (Å²) < 4.78 is 39.7. The number of fused-ring (bicyclic) bond motifs is 1. The molecule has 2 atom stereocenters. The Morgan fingerprint density at radius 2 is 2.00 bits per heavy atom. The van der Waals surface area contributed by atoms with Crippen molar-refractivity contribution in [1.82, 2.24) is 20.9 Å². The monoisotopic (exact) mass is 410 g/mol. The Bertz CT molecular complexity index is 913. The molecule has 10 heteroatoms. The van der Waals surface area contributed by atoms with Gasteiger partial charge in [0.1, 0.15) is 5.54 Å². The van der Waals surface area contributed by atoms with Crippen LogP contribution in [-0.4, -0.2) is 35.0 Å².